The first kappa shape index (κ1) is 19.6. The van der Waals surface area contributed by atoms with Gasteiger partial charge in [0.25, 0.3) is 0 Å². The van der Waals surface area contributed by atoms with Crippen LogP contribution in [0.25, 0.3) is 0 Å². The van der Waals surface area contributed by atoms with Crippen molar-refractivity contribution in [2.75, 3.05) is 12.4 Å². The molecular weight excluding hydrogens is 360 g/mol. The number of fused-ring (bicyclic) bond motifs is 1. The third kappa shape index (κ3) is 4.39. The number of hydrogen-bond acceptors (Lipinski definition) is 3. The quantitative estimate of drug-likeness (QED) is 0.828. The number of hydrogen-bond donors (Lipinski definition) is 1. The van der Waals surface area contributed by atoms with Crippen molar-refractivity contribution in [3.05, 3.63) is 59.2 Å². The Balaban J connectivity index is 1.65. The second-order valence-corrected chi connectivity index (χ2v) is 9.32. The molecule has 0 spiro atoms. The van der Waals surface area contributed by atoms with Gasteiger partial charge in [0.1, 0.15) is 0 Å². The SMILES string of the molecule is CC(C)N(C)S(=O)(=O)c1ccc(NC(=O)Cc2ccc3c(c2)CCC3)cc1. The first-order valence-corrected chi connectivity index (χ1v) is 10.7. The number of carbonyl (C=O) groups excluding carboxylic acids is 1. The van der Waals surface area contributed by atoms with Gasteiger partial charge in [0.2, 0.25) is 15.9 Å². The van der Waals surface area contributed by atoms with Crippen molar-refractivity contribution in [1.82, 2.24) is 4.31 Å². The first-order valence-electron chi connectivity index (χ1n) is 9.26. The standard InChI is InChI=1S/C21H26N2O3S/c1-15(2)23(3)27(25,26)20-11-9-19(10-12-20)22-21(24)14-16-7-8-17-5-4-6-18(17)13-16/h7-13,15H,4-6,14H2,1-3H3,(H,22,24). The molecule has 0 radical (unpaired) electrons. The van der Waals surface area contributed by atoms with Crippen LogP contribution >= 0.6 is 0 Å². The lowest BCUT2D eigenvalue weighted by Crippen LogP contribution is -2.33. The molecule has 0 unspecified atom stereocenters. The third-order valence-electron chi connectivity index (χ3n) is 5.07. The number of benzene rings is 2. The van der Waals surface area contributed by atoms with Gasteiger partial charge in [0.15, 0.2) is 0 Å². The molecule has 1 amide bonds. The fraction of sp³-hybridized carbons (Fsp3) is 0.381. The lowest BCUT2D eigenvalue weighted by Gasteiger charge is -2.21. The summed E-state index contributed by atoms with van der Waals surface area (Å²) >= 11 is 0. The fourth-order valence-corrected chi connectivity index (χ4v) is 4.65. The van der Waals surface area contributed by atoms with Gasteiger partial charge in [-0.2, -0.15) is 4.31 Å². The molecular formula is C21H26N2O3S. The average Bonchev–Trinajstić information content (AvgIpc) is 3.09. The summed E-state index contributed by atoms with van der Waals surface area (Å²) in [5.41, 5.74) is 4.34. The zero-order valence-electron chi connectivity index (χ0n) is 16.0. The maximum Gasteiger partial charge on any atom is 0.243 e. The first-order chi connectivity index (χ1) is 12.8. The van der Waals surface area contributed by atoms with E-state index < -0.39 is 10.0 Å². The van der Waals surface area contributed by atoms with Crippen LogP contribution in [-0.2, 0) is 34.1 Å². The Morgan fingerprint density at radius 2 is 1.74 bits per heavy atom. The topological polar surface area (TPSA) is 66.5 Å². The molecule has 0 bridgehead atoms. The van der Waals surface area contributed by atoms with Gasteiger partial charge in [-0.3, -0.25) is 4.79 Å². The summed E-state index contributed by atoms with van der Waals surface area (Å²) < 4.78 is 26.3. The summed E-state index contributed by atoms with van der Waals surface area (Å²) in [5, 5.41) is 2.84. The Bertz CT molecular complexity index is 934. The van der Waals surface area contributed by atoms with Crippen molar-refractivity contribution in [2.45, 2.75) is 50.5 Å². The van der Waals surface area contributed by atoms with Crippen molar-refractivity contribution in [3.8, 4) is 0 Å². The summed E-state index contributed by atoms with van der Waals surface area (Å²) in [5.74, 6) is -0.108. The van der Waals surface area contributed by atoms with Crippen LogP contribution < -0.4 is 5.32 Å². The van der Waals surface area contributed by atoms with E-state index in [1.807, 2.05) is 19.9 Å². The Hall–Kier alpha value is -2.18. The number of amides is 1. The number of rotatable bonds is 6. The minimum absolute atomic E-state index is 0.108. The van der Waals surface area contributed by atoms with Crippen LogP contribution in [0.2, 0.25) is 0 Å². The summed E-state index contributed by atoms with van der Waals surface area (Å²) in [7, 11) is -1.96. The van der Waals surface area contributed by atoms with E-state index in [4.69, 9.17) is 0 Å². The molecule has 6 heteroatoms. The molecule has 3 rings (SSSR count). The Morgan fingerprint density at radius 1 is 1.07 bits per heavy atom. The zero-order chi connectivity index (χ0) is 19.6. The molecule has 2 aromatic carbocycles. The normalized spacial score (nSPS) is 13.8. The van der Waals surface area contributed by atoms with E-state index in [1.54, 1.807) is 19.2 Å². The van der Waals surface area contributed by atoms with Crippen molar-refractivity contribution >= 4 is 21.6 Å². The Morgan fingerprint density at radius 3 is 2.41 bits per heavy atom. The van der Waals surface area contributed by atoms with Crippen LogP contribution in [0, 0.1) is 0 Å². The van der Waals surface area contributed by atoms with Gasteiger partial charge < -0.3 is 5.32 Å². The van der Waals surface area contributed by atoms with Crippen LogP contribution in [0.3, 0.4) is 0 Å². The molecule has 1 aliphatic carbocycles. The maximum atomic E-state index is 12.5. The molecule has 1 N–H and O–H groups in total. The van der Waals surface area contributed by atoms with Gasteiger partial charge >= 0.3 is 0 Å². The predicted molar refractivity (Wildman–Crippen MR) is 107 cm³/mol. The molecule has 0 saturated carbocycles. The van der Waals surface area contributed by atoms with E-state index in [-0.39, 0.29) is 16.8 Å². The highest BCUT2D eigenvalue weighted by molar-refractivity contribution is 7.89. The summed E-state index contributed by atoms with van der Waals surface area (Å²) in [6, 6.07) is 12.4. The monoisotopic (exact) mass is 386 g/mol. The molecule has 0 aliphatic heterocycles. The van der Waals surface area contributed by atoms with Crippen LogP contribution in [0.1, 0.15) is 37.0 Å². The van der Waals surface area contributed by atoms with Crippen LogP contribution in [0.5, 0.6) is 0 Å². The molecule has 2 aromatic rings. The highest BCUT2D eigenvalue weighted by Gasteiger charge is 2.22. The van der Waals surface area contributed by atoms with E-state index in [1.165, 1.54) is 34.0 Å². The number of sulfonamides is 1. The predicted octanol–water partition coefficient (Wildman–Crippen LogP) is 3.39. The van der Waals surface area contributed by atoms with E-state index in [9.17, 15) is 13.2 Å². The molecule has 0 heterocycles. The number of aryl methyl sites for hydroxylation is 2. The molecule has 0 atom stereocenters. The van der Waals surface area contributed by atoms with Crippen molar-refractivity contribution in [2.24, 2.45) is 0 Å². The van der Waals surface area contributed by atoms with E-state index in [0.717, 1.165) is 18.4 Å². The smallest absolute Gasteiger partial charge is 0.243 e. The number of nitrogens with one attached hydrogen (secondary N) is 1. The minimum atomic E-state index is -3.52. The van der Waals surface area contributed by atoms with Gasteiger partial charge in [-0.25, -0.2) is 8.42 Å². The summed E-state index contributed by atoms with van der Waals surface area (Å²) in [6.07, 6.45) is 3.71. The van der Waals surface area contributed by atoms with Crippen LogP contribution in [0.4, 0.5) is 5.69 Å². The Labute approximate surface area is 161 Å². The highest BCUT2D eigenvalue weighted by atomic mass is 32.2. The lowest BCUT2D eigenvalue weighted by molar-refractivity contribution is -0.115. The number of carbonyl (C=O) groups is 1. The van der Waals surface area contributed by atoms with Crippen molar-refractivity contribution in [3.63, 3.8) is 0 Å². The van der Waals surface area contributed by atoms with Gasteiger partial charge in [-0.1, -0.05) is 18.2 Å². The second kappa shape index (κ2) is 7.82. The maximum absolute atomic E-state index is 12.5. The zero-order valence-corrected chi connectivity index (χ0v) is 16.8. The van der Waals surface area contributed by atoms with Gasteiger partial charge in [0, 0.05) is 18.8 Å². The highest BCUT2D eigenvalue weighted by Crippen LogP contribution is 2.23. The molecule has 5 nitrogen and oxygen atoms in total. The molecule has 144 valence electrons. The number of anilines is 1. The molecule has 0 saturated heterocycles. The van der Waals surface area contributed by atoms with E-state index >= 15 is 0 Å². The molecule has 0 aromatic heterocycles. The lowest BCUT2D eigenvalue weighted by atomic mass is 10.0. The largest absolute Gasteiger partial charge is 0.326 e. The van der Waals surface area contributed by atoms with Gasteiger partial charge in [0.05, 0.1) is 11.3 Å². The average molecular weight is 387 g/mol. The molecule has 27 heavy (non-hydrogen) atoms. The Kier molecular flexibility index (Phi) is 5.67. The second-order valence-electron chi connectivity index (χ2n) is 7.32. The van der Waals surface area contributed by atoms with Crippen LogP contribution in [0.15, 0.2) is 47.4 Å². The molecule has 0 fully saturated rings. The summed E-state index contributed by atoms with van der Waals surface area (Å²) in [4.78, 5) is 12.5. The minimum Gasteiger partial charge on any atom is -0.326 e. The van der Waals surface area contributed by atoms with Crippen molar-refractivity contribution < 1.29 is 13.2 Å². The van der Waals surface area contributed by atoms with Gasteiger partial charge in [-0.15, -0.1) is 0 Å². The number of nitrogens with zero attached hydrogens (tertiary/aromatic N) is 1. The third-order valence-corrected chi connectivity index (χ3v) is 7.12. The van der Waals surface area contributed by atoms with Crippen molar-refractivity contribution in [1.29, 1.82) is 0 Å². The molecule has 1 aliphatic rings. The van der Waals surface area contributed by atoms with Crippen LogP contribution in [-0.4, -0.2) is 31.7 Å². The van der Waals surface area contributed by atoms with Gasteiger partial charge in [-0.05, 0) is 74.1 Å². The summed E-state index contributed by atoms with van der Waals surface area (Å²) in [6.45, 7) is 3.65. The van der Waals surface area contributed by atoms with E-state index in [0.29, 0.717) is 12.1 Å². The fourth-order valence-electron chi connectivity index (χ4n) is 3.28. The van der Waals surface area contributed by atoms with E-state index in [2.05, 4.69) is 17.4 Å².